The largest absolute Gasteiger partial charge is 0.397 e. The molecule has 0 aliphatic rings. The van der Waals surface area contributed by atoms with Crippen LogP contribution in [-0.2, 0) is 0 Å². The van der Waals surface area contributed by atoms with Gasteiger partial charge in [0, 0.05) is 22.7 Å². The number of amides is 1. The maximum Gasteiger partial charge on any atom is 0.266 e. The lowest BCUT2D eigenvalue weighted by Crippen LogP contribution is -2.44. The number of nitrogens with two attached hydrogens (primary N) is 1. The van der Waals surface area contributed by atoms with Gasteiger partial charge in [-0.15, -0.1) is 11.3 Å². The predicted molar refractivity (Wildman–Crippen MR) is 82.7 cm³/mol. The summed E-state index contributed by atoms with van der Waals surface area (Å²) in [6.07, 6.45) is 0.842. The van der Waals surface area contributed by atoms with Crippen LogP contribution in [0.5, 0.6) is 0 Å². The summed E-state index contributed by atoms with van der Waals surface area (Å²) < 4.78 is 14.1. The van der Waals surface area contributed by atoms with Gasteiger partial charge in [0.1, 0.15) is 10.7 Å². The van der Waals surface area contributed by atoms with Crippen LogP contribution in [0.3, 0.4) is 0 Å². The van der Waals surface area contributed by atoms with Gasteiger partial charge in [-0.2, -0.15) is 0 Å². The number of fused-ring (bicyclic) bond motifs is 1. The fourth-order valence-corrected chi connectivity index (χ4v) is 2.99. The zero-order valence-electron chi connectivity index (χ0n) is 12.2. The van der Waals surface area contributed by atoms with Gasteiger partial charge in [0.05, 0.1) is 5.69 Å². The van der Waals surface area contributed by atoms with Crippen LogP contribution < -0.4 is 5.73 Å². The third kappa shape index (κ3) is 2.38. The maximum atomic E-state index is 13.3. The van der Waals surface area contributed by atoms with Gasteiger partial charge in [0.15, 0.2) is 0 Å². The van der Waals surface area contributed by atoms with E-state index < -0.39 is 0 Å². The van der Waals surface area contributed by atoms with Gasteiger partial charge in [-0.25, -0.2) is 4.39 Å². The first-order chi connectivity index (χ1) is 9.27. The van der Waals surface area contributed by atoms with Crippen molar-refractivity contribution in [2.45, 2.75) is 32.7 Å². The minimum atomic E-state index is -0.344. The van der Waals surface area contributed by atoms with Crippen molar-refractivity contribution < 1.29 is 9.18 Å². The Labute approximate surface area is 122 Å². The van der Waals surface area contributed by atoms with E-state index in [1.165, 1.54) is 23.5 Å². The molecule has 0 fully saturated rings. The molecule has 3 nitrogen and oxygen atoms in total. The highest BCUT2D eigenvalue weighted by Crippen LogP contribution is 2.35. The molecule has 2 aromatic rings. The Morgan fingerprint density at radius 3 is 2.70 bits per heavy atom. The van der Waals surface area contributed by atoms with Crippen LogP contribution >= 0.6 is 11.3 Å². The fourth-order valence-electron chi connectivity index (χ4n) is 1.91. The van der Waals surface area contributed by atoms with Gasteiger partial charge in [-0.3, -0.25) is 4.79 Å². The van der Waals surface area contributed by atoms with E-state index in [2.05, 4.69) is 0 Å². The molecule has 0 saturated heterocycles. The molecule has 2 rings (SSSR count). The summed E-state index contributed by atoms with van der Waals surface area (Å²) in [4.78, 5) is 14.8. The lowest BCUT2D eigenvalue weighted by Gasteiger charge is -2.34. The average molecular weight is 294 g/mol. The van der Waals surface area contributed by atoms with Gasteiger partial charge in [-0.05, 0) is 38.5 Å². The molecule has 108 valence electrons. The highest BCUT2D eigenvalue weighted by atomic mass is 32.1. The normalized spacial score (nSPS) is 11.8. The summed E-state index contributed by atoms with van der Waals surface area (Å²) in [7, 11) is 1.77. The smallest absolute Gasteiger partial charge is 0.266 e. The van der Waals surface area contributed by atoms with Gasteiger partial charge < -0.3 is 10.6 Å². The van der Waals surface area contributed by atoms with Gasteiger partial charge in [-0.1, -0.05) is 6.92 Å². The molecule has 20 heavy (non-hydrogen) atoms. The Balaban J connectivity index is 2.48. The number of hydrogen-bond donors (Lipinski definition) is 1. The summed E-state index contributed by atoms with van der Waals surface area (Å²) in [5.74, 6) is -0.459. The highest BCUT2D eigenvalue weighted by molar-refractivity contribution is 7.21. The molecule has 2 N–H and O–H groups in total. The van der Waals surface area contributed by atoms with Crippen molar-refractivity contribution >= 4 is 33.0 Å². The summed E-state index contributed by atoms with van der Waals surface area (Å²) >= 11 is 1.31. The monoisotopic (exact) mass is 294 g/mol. The summed E-state index contributed by atoms with van der Waals surface area (Å²) in [6, 6.07) is 4.42. The third-order valence-corrected chi connectivity index (χ3v) is 5.14. The van der Waals surface area contributed by atoms with Crippen molar-refractivity contribution in [3.63, 3.8) is 0 Å². The molecule has 0 aliphatic heterocycles. The number of halogens is 1. The van der Waals surface area contributed by atoms with Crippen LogP contribution in [0.2, 0.25) is 0 Å². The number of carbonyl (C=O) groups excluding carboxylic acids is 1. The quantitative estimate of drug-likeness (QED) is 0.933. The number of benzene rings is 1. The van der Waals surface area contributed by atoms with E-state index in [0.717, 1.165) is 11.1 Å². The minimum absolute atomic E-state index is 0.115. The Hall–Kier alpha value is -1.62. The number of anilines is 1. The van der Waals surface area contributed by atoms with Crippen molar-refractivity contribution in [1.82, 2.24) is 4.90 Å². The van der Waals surface area contributed by atoms with E-state index >= 15 is 0 Å². The van der Waals surface area contributed by atoms with Crippen molar-refractivity contribution in [2.75, 3.05) is 12.8 Å². The van der Waals surface area contributed by atoms with Crippen LogP contribution in [0, 0.1) is 5.82 Å². The van der Waals surface area contributed by atoms with E-state index in [0.29, 0.717) is 16.0 Å². The highest BCUT2D eigenvalue weighted by Gasteiger charge is 2.29. The standard InChI is InChI=1S/C15H19FN2OS/c1-5-15(2,3)18(4)14(19)13-12(17)10-8-9(16)6-7-11(10)20-13/h6-8H,5,17H2,1-4H3. The van der Waals surface area contributed by atoms with Crippen molar-refractivity contribution in [3.05, 3.63) is 28.9 Å². The molecule has 0 saturated carbocycles. The molecular weight excluding hydrogens is 275 g/mol. The number of thiophene rings is 1. The molecule has 1 aromatic heterocycles. The van der Waals surface area contributed by atoms with Crippen molar-refractivity contribution in [3.8, 4) is 0 Å². The van der Waals surface area contributed by atoms with E-state index in [4.69, 9.17) is 5.73 Å². The zero-order valence-corrected chi connectivity index (χ0v) is 13.0. The average Bonchev–Trinajstić information content (AvgIpc) is 2.74. The first-order valence-corrected chi connectivity index (χ1v) is 7.35. The topological polar surface area (TPSA) is 46.3 Å². The molecule has 1 amide bonds. The summed E-state index contributed by atoms with van der Waals surface area (Å²) in [6.45, 7) is 6.05. The van der Waals surface area contributed by atoms with E-state index in [1.54, 1.807) is 18.0 Å². The molecule has 0 unspecified atom stereocenters. The molecule has 0 bridgehead atoms. The molecular formula is C15H19FN2OS. The Kier molecular flexibility index (Phi) is 3.73. The van der Waals surface area contributed by atoms with Crippen molar-refractivity contribution in [2.24, 2.45) is 0 Å². The van der Waals surface area contributed by atoms with E-state index in [-0.39, 0.29) is 17.3 Å². The third-order valence-electron chi connectivity index (χ3n) is 3.96. The number of nitrogen functional groups attached to an aromatic ring is 1. The number of rotatable bonds is 3. The first-order valence-electron chi connectivity index (χ1n) is 6.53. The molecule has 5 heteroatoms. The van der Waals surface area contributed by atoms with Crippen LogP contribution in [0.15, 0.2) is 18.2 Å². The molecule has 1 aromatic carbocycles. The van der Waals surface area contributed by atoms with Crippen LogP contribution in [-0.4, -0.2) is 23.4 Å². The summed E-state index contributed by atoms with van der Waals surface area (Å²) in [5, 5.41) is 0.612. The van der Waals surface area contributed by atoms with Crippen LogP contribution in [0.1, 0.15) is 36.9 Å². The van der Waals surface area contributed by atoms with Gasteiger partial charge >= 0.3 is 0 Å². The van der Waals surface area contributed by atoms with E-state index in [1.807, 2.05) is 20.8 Å². The second kappa shape index (κ2) is 5.05. The Morgan fingerprint density at radius 2 is 2.10 bits per heavy atom. The SMILES string of the molecule is CCC(C)(C)N(C)C(=O)c1sc2ccc(F)cc2c1N. The number of carbonyl (C=O) groups is 1. The molecule has 0 aliphatic carbocycles. The molecule has 0 atom stereocenters. The second-order valence-corrected chi connectivity index (χ2v) is 6.57. The van der Waals surface area contributed by atoms with Crippen molar-refractivity contribution in [1.29, 1.82) is 0 Å². The van der Waals surface area contributed by atoms with Gasteiger partial charge in [0.2, 0.25) is 0 Å². The van der Waals surface area contributed by atoms with Gasteiger partial charge in [0.25, 0.3) is 5.91 Å². The Morgan fingerprint density at radius 1 is 1.45 bits per heavy atom. The molecule has 0 radical (unpaired) electrons. The predicted octanol–water partition coefficient (Wildman–Crippen LogP) is 3.88. The molecule has 0 spiro atoms. The fraction of sp³-hybridized carbons (Fsp3) is 0.400. The van der Waals surface area contributed by atoms with E-state index in [9.17, 15) is 9.18 Å². The lowest BCUT2D eigenvalue weighted by molar-refractivity contribution is 0.0626. The second-order valence-electron chi connectivity index (χ2n) is 5.52. The molecule has 1 heterocycles. The maximum absolute atomic E-state index is 13.3. The minimum Gasteiger partial charge on any atom is -0.397 e. The number of hydrogen-bond acceptors (Lipinski definition) is 3. The van der Waals surface area contributed by atoms with Crippen LogP contribution in [0.25, 0.3) is 10.1 Å². The summed E-state index contributed by atoms with van der Waals surface area (Å²) in [5.41, 5.74) is 6.15. The number of nitrogens with zero attached hydrogens (tertiary/aromatic N) is 1. The lowest BCUT2D eigenvalue weighted by atomic mass is 9.99. The van der Waals surface area contributed by atoms with Crippen LogP contribution in [0.4, 0.5) is 10.1 Å². The Bertz CT molecular complexity index is 663. The first kappa shape index (κ1) is 14.8. The zero-order chi connectivity index (χ0) is 15.1.